The lowest BCUT2D eigenvalue weighted by Crippen LogP contribution is -2.65. The lowest BCUT2D eigenvalue weighted by molar-refractivity contribution is -0.143. The van der Waals surface area contributed by atoms with Crippen LogP contribution in [-0.4, -0.2) is 24.7 Å². The van der Waals surface area contributed by atoms with Crippen LogP contribution in [0.4, 0.5) is 0 Å². The Labute approximate surface area is 122 Å². The molecule has 0 aromatic carbocycles. The van der Waals surface area contributed by atoms with Crippen molar-refractivity contribution in [3.63, 3.8) is 0 Å². The van der Waals surface area contributed by atoms with Crippen LogP contribution in [-0.2, 0) is 9.53 Å². The van der Waals surface area contributed by atoms with E-state index in [1.807, 2.05) is 0 Å². The lowest BCUT2D eigenvalue weighted by Gasteiger charge is -2.65. The SMILES string of the molecule is CCCOCC(=O)NC12CC3CC(C)(CC(C)(C3)C1)C2. The third-order valence-electron chi connectivity index (χ3n) is 5.61. The number of carbonyl (C=O) groups is 1. The van der Waals surface area contributed by atoms with Crippen molar-refractivity contribution in [1.29, 1.82) is 0 Å². The second-order valence-electron chi connectivity index (χ2n) is 8.51. The van der Waals surface area contributed by atoms with Crippen molar-refractivity contribution in [3.05, 3.63) is 0 Å². The van der Waals surface area contributed by atoms with Crippen molar-refractivity contribution in [2.75, 3.05) is 13.2 Å². The van der Waals surface area contributed by atoms with E-state index in [0.717, 1.165) is 12.3 Å². The zero-order valence-electron chi connectivity index (χ0n) is 13.3. The molecule has 0 saturated heterocycles. The molecule has 3 heteroatoms. The van der Waals surface area contributed by atoms with E-state index in [1.165, 1.54) is 38.5 Å². The third kappa shape index (κ3) is 2.61. The standard InChI is InChI=1S/C17H29NO2/c1-4-5-20-9-14(19)18-17-8-13-6-15(2,11-17)10-16(3,7-13)12-17/h13H,4-12H2,1-3H3,(H,18,19). The molecule has 20 heavy (non-hydrogen) atoms. The maximum Gasteiger partial charge on any atom is 0.246 e. The Morgan fingerprint density at radius 1 is 1.15 bits per heavy atom. The maximum absolute atomic E-state index is 12.2. The van der Waals surface area contributed by atoms with Crippen LogP contribution in [0.1, 0.15) is 65.7 Å². The summed E-state index contributed by atoms with van der Waals surface area (Å²) >= 11 is 0. The number of hydrogen-bond acceptors (Lipinski definition) is 2. The highest BCUT2D eigenvalue weighted by atomic mass is 16.5. The molecule has 1 N–H and O–H groups in total. The van der Waals surface area contributed by atoms with Gasteiger partial charge in [-0.2, -0.15) is 0 Å². The second kappa shape index (κ2) is 4.72. The molecule has 4 saturated carbocycles. The average Bonchev–Trinajstić information content (AvgIpc) is 2.22. The summed E-state index contributed by atoms with van der Waals surface area (Å²) in [5.41, 5.74) is 0.965. The summed E-state index contributed by atoms with van der Waals surface area (Å²) < 4.78 is 5.40. The van der Waals surface area contributed by atoms with Gasteiger partial charge in [0.2, 0.25) is 5.91 Å². The highest BCUT2D eigenvalue weighted by Crippen LogP contribution is 2.66. The Morgan fingerprint density at radius 2 is 1.80 bits per heavy atom. The minimum atomic E-state index is 0.0651. The number of rotatable bonds is 5. The van der Waals surface area contributed by atoms with E-state index in [9.17, 15) is 4.79 Å². The molecule has 3 nitrogen and oxygen atoms in total. The average molecular weight is 279 g/mol. The van der Waals surface area contributed by atoms with Gasteiger partial charge in [-0.15, -0.1) is 0 Å². The summed E-state index contributed by atoms with van der Waals surface area (Å²) in [4.78, 5) is 12.2. The molecule has 114 valence electrons. The number of hydrogen-bond donors (Lipinski definition) is 1. The molecular weight excluding hydrogens is 250 g/mol. The molecule has 0 heterocycles. The highest BCUT2D eigenvalue weighted by molar-refractivity contribution is 5.78. The topological polar surface area (TPSA) is 38.3 Å². The lowest BCUT2D eigenvalue weighted by atomic mass is 9.43. The fraction of sp³-hybridized carbons (Fsp3) is 0.941. The van der Waals surface area contributed by atoms with Crippen LogP contribution in [0.3, 0.4) is 0 Å². The zero-order chi connectivity index (χ0) is 14.4. The van der Waals surface area contributed by atoms with Crippen molar-refractivity contribution < 1.29 is 9.53 Å². The molecular formula is C17H29NO2. The zero-order valence-corrected chi connectivity index (χ0v) is 13.3. The molecule has 0 aliphatic heterocycles. The number of ether oxygens (including phenoxy) is 1. The van der Waals surface area contributed by atoms with E-state index in [1.54, 1.807) is 0 Å². The Kier molecular flexibility index (Phi) is 3.39. The van der Waals surface area contributed by atoms with Gasteiger partial charge in [0.15, 0.2) is 0 Å². The Bertz CT molecular complexity index is 388. The predicted octanol–water partition coefficient (Wildman–Crippen LogP) is 3.28. The van der Waals surface area contributed by atoms with Crippen LogP contribution in [0.15, 0.2) is 0 Å². The molecule has 4 bridgehead atoms. The van der Waals surface area contributed by atoms with Crippen molar-refractivity contribution >= 4 is 5.91 Å². The summed E-state index contributed by atoms with van der Waals surface area (Å²) in [5.74, 6) is 0.908. The minimum absolute atomic E-state index is 0.0651. The quantitative estimate of drug-likeness (QED) is 0.784. The Hall–Kier alpha value is -0.570. The molecule has 0 spiro atoms. The fourth-order valence-electron chi connectivity index (χ4n) is 6.23. The van der Waals surface area contributed by atoms with Gasteiger partial charge in [-0.25, -0.2) is 0 Å². The van der Waals surface area contributed by atoms with Gasteiger partial charge in [0.25, 0.3) is 0 Å². The smallest absolute Gasteiger partial charge is 0.246 e. The van der Waals surface area contributed by atoms with E-state index in [2.05, 4.69) is 26.1 Å². The van der Waals surface area contributed by atoms with Crippen LogP contribution in [0.5, 0.6) is 0 Å². The first kappa shape index (κ1) is 14.4. The molecule has 2 atom stereocenters. The van der Waals surface area contributed by atoms with E-state index < -0.39 is 0 Å². The molecule has 1 amide bonds. The first-order valence-corrected chi connectivity index (χ1v) is 8.25. The summed E-state index contributed by atoms with van der Waals surface area (Å²) in [6, 6.07) is 0. The van der Waals surface area contributed by atoms with Crippen LogP contribution < -0.4 is 5.32 Å². The first-order valence-electron chi connectivity index (χ1n) is 8.25. The van der Waals surface area contributed by atoms with E-state index >= 15 is 0 Å². The Morgan fingerprint density at radius 3 is 2.35 bits per heavy atom. The molecule has 2 unspecified atom stereocenters. The van der Waals surface area contributed by atoms with E-state index in [-0.39, 0.29) is 18.1 Å². The fourth-order valence-corrected chi connectivity index (χ4v) is 6.23. The third-order valence-corrected chi connectivity index (χ3v) is 5.61. The van der Waals surface area contributed by atoms with Gasteiger partial charge in [0, 0.05) is 12.1 Å². The van der Waals surface area contributed by atoms with Gasteiger partial charge in [-0.05, 0) is 61.7 Å². The largest absolute Gasteiger partial charge is 0.372 e. The molecule has 4 fully saturated rings. The van der Waals surface area contributed by atoms with Crippen LogP contribution in [0.2, 0.25) is 0 Å². The van der Waals surface area contributed by atoms with Gasteiger partial charge >= 0.3 is 0 Å². The molecule has 0 radical (unpaired) electrons. The Balaban J connectivity index is 1.68. The highest BCUT2D eigenvalue weighted by Gasteiger charge is 2.60. The van der Waals surface area contributed by atoms with E-state index in [4.69, 9.17) is 4.74 Å². The maximum atomic E-state index is 12.2. The van der Waals surface area contributed by atoms with Crippen LogP contribution in [0.25, 0.3) is 0 Å². The van der Waals surface area contributed by atoms with Crippen LogP contribution >= 0.6 is 0 Å². The number of nitrogens with one attached hydrogen (secondary N) is 1. The van der Waals surface area contributed by atoms with Gasteiger partial charge < -0.3 is 10.1 Å². The van der Waals surface area contributed by atoms with Gasteiger partial charge in [-0.3, -0.25) is 4.79 Å². The van der Waals surface area contributed by atoms with Crippen molar-refractivity contribution in [1.82, 2.24) is 5.32 Å². The number of amides is 1. The molecule has 0 aromatic rings. The van der Waals surface area contributed by atoms with Gasteiger partial charge in [-0.1, -0.05) is 20.8 Å². The monoisotopic (exact) mass is 279 g/mol. The molecule has 4 aliphatic rings. The van der Waals surface area contributed by atoms with Crippen LogP contribution in [0, 0.1) is 16.7 Å². The molecule has 0 aromatic heterocycles. The second-order valence-corrected chi connectivity index (χ2v) is 8.51. The summed E-state index contributed by atoms with van der Waals surface area (Å²) in [6.07, 6.45) is 8.59. The normalized spacial score (nSPS) is 45.6. The minimum Gasteiger partial charge on any atom is -0.372 e. The van der Waals surface area contributed by atoms with Gasteiger partial charge in [0.05, 0.1) is 0 Å². The summed E-state index contributed by atoms with van der Waals surface area (Å²) in [7, 11) is 0. The van der Waals surface area contributed by atoms with Crippen molar-refractivity contribution in [2.45, 2.75) is 71.3 Å². The molecule has 4 aliphatic carbocycles. The predicted molar refractivity (Wildman–Crippen MR) is 79.4 cm³/mol. The first-order chi connectivity index (χ1) is 9.36. The van der Waals surface area contributed by atoms with E-state index in [0.29, 0.717) is 17.4 Å². The van der Waals surface area contributed by atoms with Crippen molar-refractivity contribution in [2.24, 2.45) is 16.7 Å². The van der Waals surface area contributed by atoms with Crippen molar-refractivity contribution in [3.8, 4) is 0 Å². The molecule has 4 rings (SSSR count). The number of carbonyl (C=O) groups excluding carboxylic acids is 1. The summed E-state index contributed by atoms with van der Waals surface area (Å²) in [6.45, 7) is 7.85. The van der Waals surface area contributed by atoms with Gasteiger partial charge in [0.1, 0.15) is 6.61 Å². The summed E-state index contributed by atoms with van der Waals surface area (Å²) in [5, 5.41) is 3.37.